The van der Waals surface area contributed by atoms with Gasteiger partial charge in [0.15, 0.2) is 5.11 Å². The van der Waals surface area contributed by atoms with Gasteiger partial charge in [0.2, 0.25) is 0 Å². The molecule has 0 heterocycles. The van der Waals surface area contributed by atoms with Crippen molar-refractivity contribution in [2.45, 2.75) is 26.7 Å². The smallest absolute Gasteiger partial charge is 0.173 e. The Morgan fingerprint density at radius 2 is 1.54 bits per heavy atom. The summed E-state index contributed by atoms with van der Waals surface area (Å²) in [4.78, 5) is 5.31. The Morgan fingerprint density at radius 1 is 1.00 bits per heavy atom. The van der Waals surface area contributed by atoms with Crippen molar-refractivity contribution in [3.63, 3.8) is 0 Å². The van der Waals surface area contributed by atoms with E-state index in [-0.39, 0.29) is 0 Å². The van der Waals surface area contributed by atoms with E-state index in [0.717, 1.165) is 36.7 Å². The number of benzene rings is 1. The van der Waals surface area contributed by atoms with Crippen molar-refractivity contribution in [3.05, 3.63) is 29.3 Å². The number of anilines is 1. The monoisotopic (exact) mass is 352 g/mol. The largest absolute Gasteiger partial charge is 0.349 e. The molecule has 0 aliphatic carbocycles. The lowest BCUT2D eigenvalue weighted by Gasteiger charge is -2.27. The van der Waals surface area contributed by atoms with Gasteiger partial charge in [0.25, 0.3) is 0 Å². The van der Waals surface area contributed by atoms with Gasteiger partial charge in [-0.1, -0.05) is 12.1 Å². The molecule has 1 aromatic carbocycles. The summed E-state index contributed by atoms with van der Waals surface area (Å²) in [5.74, 6) is 0. The van der Waals surface area contributed by atoms with E-state index in [2.05, 4.69) is 70.5 Å². The van der Waals surface area contributed by atoms with Gasteiger partial charge in [0.05, 0.1) is 41.3 Å². The highest BCUT2D eigenvalue weighted by Gasteiger charge is 2.12. The lowest BCUT2D eigenvalue weighted by molar-refractivity contribution is -0.858. The number of nitrogens with one attached hydrogen (secondary N) is 3. The number of thiocarbonyl (C=S) groups is 1. The third-order valence-corrected chi connectivity index (χ3v) is 4.49. The lowest BCUT2D eigenvalue weighted by Crippen LogP contribution is -3.05. The minimum Gasteiger partial charge on any atom is -0.349 e. The van der Waals surface area contributed by atoms with Crippen molar-refractivity contribution in [3.8, 4) is 0 Å². The third kappa shape index (κ3) is 8.08. The van der Waals surface area contributed by atoms with Crippen molar-refractivity contribution < 1.29 is 9.80 Å². The van der Waals surface area contributed by atoms with Crippen LogP contribution in [0.15, 0.2) is 18.2 Å². The molecule has 4 nitrogen and oxygen atoms in total. The molecule has 0 aromatic heterocycles. The molecule has 5 heteroatoms. The van der Waals surface area contributed by atoms with Gasteiger partial charge in [-0.2, -0.15) is 0 Å². The molecule has 0 fully saturated rings. The summed E-state index contributed by atoms with van der Waals surface area (Å²) in [5.41, 5.74) is 3.62. The van der Waals surface area contributed by atoms with E-state index in [1.54, 1.807) is 0 Å². The molecule has 0 spiro atoms. The Morgan fingerprint density at radius 3 is 2.04 bits per heavy atom. The van der Waals surface area contributed by atoms with E-state index in [0.29, 0.717) is 0 Å². The van der Waals surface area contributed by atoms with Crippen molar-refractivity contribution in [2.24, 2.45) is 0 Å². The molecule has 136 valence electrons. The maximum Gasteiger partial charge on any atom is 0.173 e. The van der Waals surface area contributed by atoms with Gasteiger partial charge in [0, 0.05) is 31.6 Å². The van der Waals surface area contributed by atoms with Crippen LogP contribution in [0.4, 0.5) is 5.69 Å². The lowest BCUT2D eigenvalue weighted by atomic mass is 10.1. The number of nitrogens with zero attached hydrogens (tertiary/aromatic N) is 1. The fourth-order valence-electron chi connectivity index (χ4n) is 2.63. The molecule has 0 radical (unpaired) electrons. The van der Waals surface area contributed by atoms with Crippen molar-refractivity contribution in [2.75, 3.05) is 59.7 Å². The summed E-state index contributed by atoms with van der Waals surface area (Å²) in [5, 5.41) is 4.32. The number of hydrogen-bond acceptors (Lipinski definition) is 1. The molecule has 0 saturated carbocycles. The standard InChI is InChI=1S/C19H34N4S/c1-16-9-10-17(2)18(15-16)20-19(24)23(13-7-11-21(3)4)14-8-12-22(5)6/h9-10,15H,7-8,11-14H2,1-6H3,(H,20,24)/p+2. The molecule has 0 atom stereocenters. The van der Waals surface area contributed by atoms with Gasteiger partial charge in [0.1, 0.15) is 0 Å². The first-order chi connectivity index (χ1) is 11.3. The van der Waals surface area contributed by atoms with E-state index in [1.165, 1.54) is 34.0 Å². The van der Waals surface area contributed by atoms with Crippen LogP contribution in [0.1, 0.15) is 24.0 Å². The highest BCUT2D eigenvalue weighted by atomic mass is 32.1. The van der Waals surface area contributed by atoms with Crippen molar-refractivity contribution in [1.29, 1.82) is 0 Å². The van der Waals surface area contributed by atoms with Crippen LogP contribution < -0.4 is 15.1 Å². The van der Waals surface area contributed by atoms with Crippen LogP contribution in [0.3, 0.4) is 0 Å². The summed E-state index contributed by atoms with van der Waals surface area (Å²) < 4.78 is 0. The summed E-state index contributed by atoms with van der Waals surface area (Å²) in [6.07, 6.45) is 2.32. The molecule has 0 saturated heterocycles. The van der Waals surface area contributed by atoms with Gasteiger partial charge in [-0.3, -0.25) is 0 Å². The van der Waals surface area contributed by atoms with Crippen LogP contribution in [0.2, 0.25) is 0 Å². The van der Waals surface area contributed by atoms with Gasteiger partial charge in [-0.05, 0) is 43.3 Å². The number of hydrogen-bond donors (Lipinski definition) is 3. The zero-order chi connectivity index (χ0) is 18.1. The first kappa shape index (κ1) is 20.9. The Bertz CT molecular complexity index is 500. The Labute approximate surface area is 153 Å². The normalized spacial score (nSPS) is 11.2. The topological polar surface area (TPSA) is 24.2 Å². The first-order valence-electron chi connectivity index (χ1n) is 9.01. The highest BCUT2D eigenvalue weighted by Crippen LogP contribution is 2.17. The maximum atomic E-state index is 5.72. The Balaban J connectivity index is 2.68. The van der Waals surface area contributed by atoms with Crippen LogP contribution in [0.5, 0.6) is 0 Å². The molecule has 0 unspecified atom stereocenters. The molecule has 0 aliphatic rings. The fourth-order valence-corrected chi connectivity index (χ4v) is 2.92. The predicted molar refractivity (Wildman–Crippen MR) is 108 cm³/mol. The van der Waals surface area contributed by atoms with Crippen LogP contribution in [0.25, 0.3) is 0 Å². The Kier molecular flexibility index (Phi) is 9.26. The molecule has 24 heavy (non-hydrogen) atoms. The molecule has 1 aromatic rings. The fraction of sp³-hybridized carbons (Fsp3) is 0.632. The molecule has 0 bridgehead atoms. The molecular formula is C19H36N4S+2. The summed E-state index contributed by atoms with van der Waals surface area (Å²) in [6, 6.07) is 6.46. The van der Waals surface area contributed by atoms with Crippen LogP contribution in [-0.4, -0.2) is 64.4 Å². The van der Waals surface area contributed by atoms with Gasteiger partial charge in [-0.25, -0.2) is 0 Å². The second kappa shape index (κ2) is 10.6. The number of quaternary nitrogens is 2. The maximum absolute atomic E-state index is 5.72. The first-order valence-corrected chi connectivity index (χ1v) is 9.41. The highest BCUT2D eigenvalue weighted by molar-refractivity contribution is 7.80. The van der Waals surface area contributed by atoms with Crippen LogP contribution in [-0.2, 0) is 0 Å². The molecule has 3 N–H and O–H groups in total. The Hall–Kier alpha value is -1.17. The molecule has 0 aliphatic heterocycles. The van der Waals surface area contributed by atoms with E-state index in [1.807, 2.05) is 0 Å². The quantitative estimate of drug-likeness (QED) is 0.560. The summed E-state index contributed by atoms with van der Waals surface area (Å²) >= 11 is 5.72. The van der Waals surface area contributed by atoms with E-state index in [9.17, 15) is 0 Å². The van der Waals surface area contributed by atoms with Crippen molar-refractivity contribution >= 4 is 23.0 Å². The summed E-state index contributed by atoms with van der Waals surface area (Å²) in [6.45, 7) is 8.61. The van der Waals surface area contributed by atoms with Crippen LogP contribution in [0, 0.1) is 13.8 Å². The number of aryl methyl sites for hydroxylation is 2. The van der Waals surface area contributed by atoms with Crippen LogP contribution >= 0.6 is 12.2 Å². The van der Waals surface area contributed by atoms with Gasteiger partial charge in [-0.15, -0.1) is 0 Å². The minimum atomic E-state index is 0.853. The number of rotatable bonds is 9. The third-order valence-electron chi connectivity index (χ3n) is 4.13. The second-order valence-electron chi connectivity index (χ2n) is 7.36. The minimum absolute atomic E-state index is 0.853. The van der Waals surface area contributed by atoms with Crippen molar-refractivity contribution in [1.82, 2.24) is 4.90 Å². The zero-order valence-corrected chi connectivity index (χ0v) is 17.1. The molecular weight excluding hydrogens is 316 g/mol. The summed E-state index contributed by atoms with van der Waals surface area (Å²) in [7, 11) is 8.80. The molecule has 0 amide bonds. The van der Waals surface area contributed by atoms with E-state index < -0.39 is 0 Å². The van der Waals surface area contributed by atoms with Gasteiger partial charge < -0.3 is 20.0 Å². The predicted octanol–water partition coefficient (Wildman–Crippen LogP) is 0.371. The van der Waals surface area contributed by atoms with Gasteiger partial charge >= 0.3 is 0 Å². The zero-order valence-electron chi connectivity index (χ0n) is 16.3. The van der Waals surface area contributed by atoms with E-state index >= 15 is 0 Å². The molecule has 1 rings (SSSR count). The average Bonchev–Trinajstić information content (AvgIpc) is 2.48. The SMILES string of the molecule is Cc1ccc(C)c(NC(=S)N(CCC[NH+](C)C)CCC[NH+](C)C)c1. The van der Waals surface area contributed by atoms with E-state index in [4.69, 9.17) is 12.2 Å². The second-order valence-corrected chi connectivity index (χ2v) is 7.74. The average molecular weight is 353 g/mol.